The molecule has 5 aromatic rings. The smallest absolute Gasteiger partial charge is 0.258 e. The molecule has 0 aliphatic heterocycles. The van der Waals surface area contributed by atoms with E-state index in [1.807, 2.05) is 53.9 Å². The second-order valence-electron chi connectivity index (χ2n) is 7.13. The van der Waals surface area contributed by atoms with Gasteiger partial charge in [-0.2, -0.15) is 0 Å². The first kappa shape index (κ1) is 17.5. The van der Waals surface area contributed by atoms with E-state index in [0.29, 0.717) is 10.7 Å². The number of nitrogens with zero attached hydrogens (tertiary/aromatic N) is 2. The number of thiophene rings is 1. The number of amides is 1. The molecule has 0 unspecified atom stereocenters. The summed E-state index contributed by atoms with van der Waals surface area (Å²) < 4.78 is 0. The van der Waals surface area contributed by atoms with Gasteiger partial charge in [0.25, 0.3) is 5.91 Å². The molecule has 1 aliphatic carbocycles. The van der Waals surface area contributed by atoms with Crippen molar-refractivity contribution in [3.63, 3.8) is 0 Å². The summed E-state index contributed by atoms with van der Waals surface area (Å²) in [7, 11) is 0. The van der Waals surface area contributed by atoms with Crippen molar-refractivity contribution < 1.29 is 4.79 Å². The molecule has 1 aliphatic rings. The van der Waals surface area contributed by atoms with Crippen molar-refractivity contribution in [2.24, 2.45) is 0 Å². The summed E-state index contributed by atoms with van der Waals surface area (Å²) in [5.74, 6) is -0.160. The molecule has 0 saturated carbocycles. The highest BCUT2D eigenvalue weighted by Gasteiger charge is 2.24. The fourth-order valence-electron chi connectivity index (χ4n) is 3.89. The molecule has 1 amide bonds. The molecular weight excluding hydrogens is 410 g/mol. The standard InChI is InChI=1S/C24H15N3OS2/c28-23(27-24-26-22-15-7-2-1-6-14(15)12-21(22)30-24)17-13-19(20-10-5-11-29-20)25-18-9-4-3-8-16(17)18/h1-11,13H,12H2,(H,26,27,28). The lowest BCUT2D eigenvalue weighted by molar-refractivity contribution is 0.102. The Morgan fingerprint density at radius 2 is 1.83 bits per heavy atom. The molecule has 0 saturated heterocycles. The number of carbonyl (C=O) groups excluding carboxylic acids is 1. The zero-order valence-corrected chi connectivity index (χ0v) is 17.4. The van der Waals surface area contributed by atoms with E-state index in [2.05, 4.69) is 23.5 Å². The molecule has 0 spiro atoms. The molecule has 30 heavy (non-hydrogen) atoms. The third kappa shape index (κ3) is 2.84. The largest absolute Gasteiger partial charge is 0.298 e. The van der Waals surface area contributed by atoms with Crippen molar-refractivity contribution in [3.8, 4) is 21.8 Å². The summed E-state index contributed by atoms with van der Waals surface area (Å²) in [5.41, 5.74) is 5.68. The van der Waals surface area contributed by atoms with Gasteiger partial charge in [-0.15, -0.1) is 22.7 Å². The van der Waals surface area contributed by atoms with Gasteiger partial charge in [0, 0.05) is 22.2 Å². The number of pyridine rings is 1. The van der Waals surface area contributed by atoms with Gasteiger partial charge in [0.05, 0.1) is 27.3 Å². The zero-order chi connectivity index (χ0) is 20.1. The molecule has 144 valence electrons. The lowest BCUT2D eigenvalue weighted by atomic mass is 10.1. The van der Waals surface area contributed by atoms with Crippen molar-refractivity contribution >= 4 is 44.6 Å². The quantitative estimate of drug-likeness (QED) is 0.365. The van der Waals surface area contributed by atoms with E-state index in [9.17, 15) is 4.79 Å². The summed E-state index contributed by atoms with van der Waals surface area (Å²) in [6.07, 6.45) is 0.875. The second kappa shape index (κ2) is 6.86. The Kier molecular flexibility index (Phi) is 4.00. The molecule has 4 nitrogen and oxygen atoms in total. The maximum absolute atomic E-state index is 13.3. The fraction of sp³-hybridized carbons (Fsp3) is 0.0417. The van der Waals surface area contributed by atoms with E-state index in [0.717, 1.165) is 33.6 Å². The number of carbonyl (C=O) groups is 1. The van der Waals surface area contributed by atoms with Gasteiger partial charge in [0.2, 0.25) is 0 Å². The Bertz CT molecular complexity index is 1420. The van der Waals surface area contributed by atoms with E-state index < -0.39 is 0 Å². The Balaban J connectivity index is 1.38. The molecule has 6 heteroatoms. The first-order valence-corrected chi connectivity index (χ1v) is 11.3. The molecule has 0 fully saturated rings. The molecule has 0 atom stereocenters. The highest BCUT2D eigenvalue weighted by molar-refractivity contribution is 7.16. The van der Waals surface area contributed by atoms with E-state index in [1.165, 1.54) is 16.0 Å². The lowest BCUT2D eigenvalue weighted by Crippen LogP contribution is -2.13. The number of aromatic nitrogens is 2. The van der Waals surface area contributed by atoms with Crippen molar-refractivity contribution in [3.05, 3.63) is 88.1 Å². The number of nitrogens with one attached hydrogen (secondary N) is 1. The highest BCUT2D eigenvalue weighted by Crippen LogP contribution is 2.41. The van der Waals surface area contributed by atoms with Crippen LogP contribution in [0, 0.1) is 0 Å². The number of rotatable bonds is 3. The molecule has 0 bridgehead atoms. The monoisotopic (exact) mass is 425 g/mol. The van der Waals surface area contributed by atoms with Crippen LogP contribution in [-0.2, 0) is 6.42 Å². The number of hydrogen-bond donors (Lipinski definition) is 1. The minimum atomic E-state index is -0.160. The Morgan fingerprint density at radius 1 is 0.967 bits per heavy atom. The maximum atomic E-state index is 13.3. The van der Waals surface area contributed by atoms with E-state index >= 15 is 0 Å². The van der Waals surface area contributed by atoms with Gasteiger partial charge in [-0.1, -0.05) is 48.5 Å². The van der Waals surface area contributed by atoms with Gasteiger partial charge >= 0.3 is 0 Å². The van der Waals surface area contributed by atoms with Gasteiger partial charge in [-0.25, -0.2) is 9.97 Å². The SMILES string of the molecule is O=C(Nc1nc2c(s1)Cc1ccccc1-2)c1cc(-c2cccs2)nc2ccccc12. The van der Waals surface area contributed by atoms with Gasteiger partial charge < -0.3 is 0 Å². The summed E-state index contributed by atoms with van der Waals surface area (Å²) in [4.78, 5) is 25.0. The predicted octanol–water partition coefficient (Wildman–Crippen LogP) is 6.24. The lowest BCUT2D eigenvalue weighted by Gasteiger charge is -2.09. The molecule has 1 N–H and O–H groups in total. The molecule has 0 radical (unpaired) electrons. The van der Waals surface area contributed by atoms with Crippen LogP contribution in [0.2, 0.25) is 0 Å². The van der Waals surface area contributed by atoms with Crippen LogP contribution in [0.1, 0.15) is 20.8 Å². The third-order valence-electron chi connectivity index (χ3n) is 5.28. The van der Waals surface area contributed by atoms with Crippen molar-refractivity contribution in [1.82, 2.24) is 9.97 Å². The van der Waals surface area contributed by atoms with Crippen LogP contribution < -0.4 is 5.32 Å². The molecule has 3 aromatic heterocycles. The van der Waals surface area contributed by atoms with Gasteiger partial charge in [-0.05, 0) is 29.1 Å². The summed E-state index contributed by atoms with van der Waals surface area (Å²) in [6.45, 7) is 0. The first-order valence-electron chi connectivity index (χ1n) is 9.59. The molecule has 2 aromatic carbocycles. The normalized spacial score (nSPS) is 12.0. The predicted molar refractivity (Wildman–Crippen MR) is 123 cm³/mol. The average Bonchev–Trinajstić information content (AvgIpc) is 3.49. The van der Waals surface area contributed by atoms with E-state index in [1.54, 1.807) is 22.7 Å². The van der Waals surface area contributed by atoms with Crippen LogP contribution in [0.5, 0.6) is 0 Å². The van der Waals surface area contributed by atoms with Crippen LogP contribution in [0.25, 0.3) is 32.7 Å². The highest BCUT2D eigenvalue weighted by atomic mass is 32.1. The average molecular weight is 426 g/mol. The molecular formula is C24H15N3OS2. The number of benzene rings is 2. The number of thiazole rings is 1. The van der Waals surface area contributed by atoms with Crippen molar-refractivity contribution in [2.45, 2.75) is 6.42 Å². The summed E-state index contributed by atoms with van der Waals surface area (Å²) >= 11 is 3.17. The van der Waals surface area contributed by atoms with Crippen LogP contribution in [0.15, 0.2) is 72.1 Å². The number of anilines is 1. The third-order valence-corrected chi connectivity index (χ3v) is 7.14. The number of fused-ring (bicyclic) bond motifs is 4. The zero-order valence-electron chi connectivity index (χ0n) is 15.8. The van der Waals surface area contributed by atoms with Crippen molar-refractivity contribution in [2.75, 3.05) is 5.32 Å². The number of hydrogen-bond acceptors (Lipinski definition) is 5. The minimum absolute atomic E-state index is 0.160. The van der Waals surface area contributed by atoms with Crippen LogP contribution >= 0.6 is 22.7 Å². The Morgan fingerprint density at radius 3 is 2.73 bits per heavy atom. The summed E-state index contributed by atoms with van der Waals surface area (Å²) in [5, 5.41) is 6.52. The van der Waals surface area contributed by atoms with Crippen LogP contribution in [0.4, 0.5) is 5.13 Å². The number of para-hydroxylation sites is 1. The molecule has 6 rings (SSSR count). The van der Waals surface area contributed by atoms with Crippen molar-refractivity contribution in [1.29, 1.82) is 0 Å². The Hall–Kier alpha value is -3.35. The second-order valence-corrected chi connectivity index (χ2v) is 9.16. The van der Waals surface area contributed by atoms with Gasteiger partial charge in [-0.3, -0.25) is 10.1 Å². The van der Waals surface area contributed by atoms with Crippen LogP contribution in [0.3, 0.4) is 0 Å². The molecule has 3 heterocycles. The topological polar surface area (TPSA) is 54.9 Å². The minimum Gasteiger partial charge on any atom is -0.298 e. The first-order chi connectivity index (χ1) is 14.8. The maximum Gasteiger partial charge on any atom is 0.258 e. The Labute approximate surface area is 180 Å². The van der Waals surface area contributed by atoms with E-state index in [-0.39, 0.29) is 5.91 Å². The van der Waals surface area contributed by atoms with Crippen LogP contribution in [-0.4, -0.2) is 15.9 Å². The van der Waals surface area contributed by atoms with E-state index in [4.69, 9.17) is 9.97 Å². The van der Waals surface area contributed by atoms with Gasteiger partial charge in [0.15, 0.2) is 5.13 Å². The fourth-order valence-corrected chi connectivity index (χ4v) is 5.57. The summed E-state index contributed by atoms with van der Waals surface area (Å²) in [6, 6.07) is 22.0. The van der Waals surface area contributed by atoms with Gasteiger partial charge in [0.1, 0.15) is 0 Å².